The highest BCUT2D eigenvalue weighted by molar-refractivity contribution is 6.03. The van der Waals surface area contributed by atoms with Crippen LogP contribution in [0.3, 0.4) is 0 Å². The lowest BCUT2D eigenvalue weighted by molar-refractivity contribution is 0.436. The molecule has 2 aliphatic carbocycles. The number of para-hydroxylation sites is 5. The molecule has 0 saturated carbocycles. The smallest absolute Gasteiger partial charge is 0.132 e. The van der Waals surface area contributed by atoms with Crippen molar-refractivity contribution in [3.63, 3.8) is 0 Å². The fraction of sp³-hybridized carbons (Fsp3) is 0.0278. The van der Waals surface area contributed by atoms with E-state index < -0.39 is 10.8 Å². The molecule has 16 rings (SSSR count). The summed E-state index contributed by atoms with van der Waals surface area (Å²) in [5.74, 6) is 3.53. The van der Waals surface area contributed by atoms with Crippen molar-refractivity contribution in [2.75, 3.05) is 4.90 Å². The van der Waals surface area contributed by atoms with E-state index in [4.69, 9.17) is 9.47 Å². The lowest BCUT2D eigenvalue weighted by atomic mass is 9.66. The third kappa shape index (κ3) is 5.75. The molecule has 0 aromatic heterocycles. The van der Waals surface area contributed by atoms with Crippen LogP contribution < -0.4 is 14.4 Å². The molecular formula is C72H45NO2. The van der Waals surface area contributed by atoms with Gasteiger partial charge in [0.2, 0.25) is 0 Å². The molecular weight excluding hydrogens is 911 g/mol. The average molecular weight is 956 g/mol. The van der Waals surface area contributed by atoms with Crippen molar-refractivity contribution >= 4 is 27.8 Å². The molecule has 4 aliphatic rings. The number of nitrogens with zero attached hydrogens (tertiary/aromatic N) is 1. The van der Waals surface area contributed by atoms with Crippen molar-refractivity contribution in [2.45, 2.75) is 10.8 Å². The molecule has 350 valence electrons. The highest BCUT2D eigenvalue weighted by Crippen LogP contribution is 2.66. The van der Waals surface area contributed by atoms with Crippen LogP contribution in [0.1, 0.15) is 44.5 Å². The van der Waals surface area contributed by atoms with Crippen molar-refractivity contribution < 1.29 is 9.47 Å². The van der Waals surface area contributed by atoms with Gasteiger partial charge >= 0.3 is 0 Å². The maximum Gasteiger partial charge on any atom is 0.132 e. The van der Waals surface area contributed by atoms with Gasteiger partial charge in [-0.1, -0.05) is 212 Å². The summed E-state index contributed by atoms with van der Waals surface area (Å²) in [6.45, 7) is 0. The summed E-state index contributed by atoms with van der Waals surface area (Å²) in [5, 5.41) is 2.34. The van der Waals surface area contributed by atoms with Gasteiger partial charge in [0.1, 0.15) is 23.0 Å². The Kier molecular flexibility index (Phi) is 8.88. The van der Waals surface area contributed by atoms with Gasteiger partial charge in [-0.25, -0.2) is 0 Å². The van der Waals surface area contributed by atoms with E-state index in [-0.39, 0.29) is 0 Å². The largest absolute Gasteiger partial charge is 0.457 e. The number of ether oxygens (including phenoxy) is 2. The number of rotatable bonds is 5. The number of hydrogen-bond acceptors (Lipinski definition) is 3. The van der Waals surface area contributed by atoms with Gasteiger partial charge in [-0.15, -0.1) is 0 Å². The summed E-state index contributed by atoms with van der Waals surface area (Å²) in [7, 11) is 0. The quantitative estimate of drug-likeness (QED) is 0.172. The van der Waals surface area contributed by atoms with Crippen LogP contribution in [-0.2, 0) is 10.8 Å². The van der Waals surface area contributed by atoms with Gasteiger partial charge in [0.05, 0.1) is 22.2 Å². The minimum absolute atomic E-state index is 0.589. The Labute approximate surface area is 435 Å². The molecule has 12 aromatic rings. The van der Waals surface area contributed by atoms with E-state index in [0.717, 1.165) is 78.8 Å². The minimum atomic E-state index is -0.630. The van der Waals surface area contributed by atoms with E-state index in [0.29, 0.717) is 0 Å². The molecule has 0 atom stereocenters. The second-order valence-corrected chi connectivity index (χ2v) is 20.2. The Morgan fingerprint density at radius 1 is 0.253 bits per heavy atom. The number of fused-ring (bicyclic) bond motifs is 19. The van der Waals surface area contributed by atoms with Gasteiger partial charge in [0.15, 0.2) is 0 Å². The molecule has 0 fully saturated rings. The predicted molar refractivity (Wildman–Crippen MR) is 304 cm³/mol. The topological polar surface area (TPSA) is 21.7 Å². The van der Waals surface area contributed by atoms with Crippen LogP contribution in [0.2, 0.25) is 0 Å². The summed E-state index contributed by atoms with van der Waals surface area (Å²) in [5.41, 5.74) is 21.2. The molecule has 75 heavy (non-hydrogen) atoms. The lowest BCUT2D eigenvalue weighted by Gasteiger charge is -2.39. The van der Waals surface area contributed by atoms with Crippen LogP contribution in [0.4, 0.5) is 17.1 Å². The first-order valence-electron chi connectivity index (χ1n) is 25.9. The third-order valence-corrected chi connectivity index (χ3v) is 16.6. The van der Waals surface area contributed by atoms with Crippen LogP contribution in [0, 0.1) is 0 Å². The van der Waals surface area contributed by atoms with Gasteiger partial charge in [-0.3, -0.25) is 0 Å². The minimum Gasteiger partial charge on any atom is -0.457 e. The molecule has 3 heteroatoms. The van der Waals surface area contributed by atoms with E-state index in [2.05, 4.69) is 278 Å². The van der Waals surface area contributed by atoms with Gasteiger partial charge in [0.25, 0.3) is 0 Å². The molecule has 2 heterocycles. The van der Waals surface area contributed by atoms with E-state index in [1.54, 1.807) is 0 Å². The molecule has 2 aliphatic heterocycles. The zero-order valence-electron chi connectivity index (χ0n) is 40.7. The molecule has 0 saturated heterocycles. The summed E-state index contributed by atoms with van der Waals surface area (Å²) in [4.78, 5) is 2.53. The van der Waals surface area contributed by atoms with Gasteiger partial charge in [-0.05, 0) is 127 Å². The van der Waals surface area contributed by atoms with E-state index >= 15 is 0 Å². The Morgan fingerprint density at radius 3 is 1.33 bits per heavy atom. The first-order valence-corrected chi connectivity index (χ1v) is 25.9. The highest BCUT2D eigenvalue weighted by Gasteiger charge is 2.53. The van der Waals surface area contributed by atoms with E-state index in [1.165, 1.54) is 61.0 Å². The van der Waals surface area contributed by atoms with Crippen molar-refractivity contribution in [1.82, 2.24) is 0 Å². The monoisotopic (exact) mass is 955 g/mol. The average Bonchev–Trinajstić information content (AvgIpc) is 4.03. The maximum atomic E-state index is 6.77. The zero-order chi connectivity index (χ0) is 49.2. The Bertz CT molecular complexity index is 4230. The second-order valence-electron chi connectivity index (χ2n) is 20.2. The summed E-state index contributed by atoms with van der Waals surface area (Å²) in [6.07, 6.45) is 0. The van der Waals surface area contributed by atoms with Crippen molar-refractivity contribution in [3.05, 3.63) is 317 Å². The van der Waals surface area contributed by atoms with Gasteiger partial charge in [0, 0.05) is 39.1 Å². The second kappa shape index (κ2) is 15.9. The lowest BCUT2D eigenvalue weighted by Crippen LogP contribution is -2.32. The maximum absolute atomic E-state index is 6.77. The molecule has 0 unspecified atom stereocenters. The van der Waals surface area contributed by atoms with Crippen LogP contribution in [0.25, 0.3) is 55.3 Å². The van der Waals surface area contributed by atoms with Crippen LogP contribution in [0.5, 0.6) is 23.0 Å². The molecule has 2 spiro atoms. The molecule has 12 aromatic carbocycles. The number of anilines is 3. The van der Waals surface area contributed by atoms with Crippen LogP contribution >= 0.6 is 0 Å². The van der Waals surface area contributed by atoms with Crippen molar-refractivity contribution in [1.29, 1.82) is 0 Å². The van der Waals surface area contributed by atoms with Crippen molar-refractivity contribution in [3.8, 4) is 67.5 Å². The molecule has 0 N–H and O–H groups in total. The van der Waals surface area contributed by atoms with E-state index in [9.17, 15) is 0 Å². The SMILES string of the molecule is c1ccc(-c2ccc(-c3ccccc3N(c3ccc4cc5c(cc4c3)C3(c4ccccc4Oc4ccccc43)c3ccccc3-5)c3cccc4c3-c3ccccc3C43c4ccccc4Oc4ccccc43)cc2)cc1. The summed E-state index contributed by atoms with van der Waals surface area (Å²) in [6, 6.07) is 100. The third-order valence-electron chi connectivity index (χ3n) is 16.6. The standard InChI is InChI=1S/C72H45NO2/c1-2-19-46(20-3-1)47-37-39-48(40-38-47)52-21-6-13-31-64(52)73(65-32-18-30-62-70(65)54-23-5-8-25-57(54)71(62)58-26-9-14-33-66(58)74-67-34-15-10-27-59(67)71)51-42-41-49-44-55-53-22-4-7-24-56(53)72(63(55)45-50(49)43-51)60-28-11-16-35-68(60)75-69-36-17-12-29-61(69)72/h1-45H. The van der Waals surface area contributed by atoms with Crippen LogP contribution in [-0.4, -0.2) is 0 Å². The Balaban J connectivity index is 0.968. The molecule has 0 bridgehead atoms. The number of benzene rings is 12. The first-order chi connectivity index (χ1) is 37.2. The Hall–Kier alpha value is -9.70. The van der Waals surface area contributed by atoms with Crippen molar-refractivity contribution in [2.24, 2.45) is 0 Å². The molecule has 3 nitrogen and oxygen atoms in total. The summed E-state index contributed by atoms with van der Waals surface area (Å²) >= 11 is 0. The fourth-order valence-electron chi connectivity index (χ4n) is 13.6. The van der Waals surface area contributed by atoms with E-state index in [1.807, 2.05) is 0 Å². The Morgan fingerprint density at radius 2 is 0.707 bits per heavy atom. The predicted octanol–water partition coefficient (Wildman–Crippen LogP) is 18.6. The highest BCUT2D eigenvalue weighted by atomic mass is 16.5. The normalized spacial score (nSPS) is 14.0. The molecule has 0 amide bonds. The van der Waals surface area contributed by atoms with Crippen LogP contribution in [0.15, 0.2) is 273 Å². The summed E-state index contributed by atoms with van der Waals surface area (Å²) < 4.78 is 13.5. The van der Waals surface area contributed by atoms with Gasteiger partial charge in [-0.2, -0.15) is 0 Å². The first kappa shape index (κ1) is 41.9. The molecule has 0 radical (unpaired) electrons. The fourth-order valence-corrected chi connectivity index (χ4v) is 13.6. The van der Waals surface area contributed by atoms with Gasteiger partial charge < -0.3 is 14.4 Å². The number of hydrogen-bond donors (Lipinski definition) is 0. The zero-order valence-corrected chi connectivity index (χ0v) is 40.7.